The van der Waals surface area contributed by atoms with Gasteiger partial charge < -0.3 is 5.11 Å². The smallest absolute Gasteiger partial charge is 0.328 e. The van der Waals surface area contributed by atoms with Crippen molar-refractivity contribution in [2.45, 2.75) is 19.3 Å². The maximum absolute atomic E-state index is 15.4. The summed E-state index contributed by atoms with van der Waals surface area (Å²) in [6, 6.07) is 19.1. The molecular weight excluding hydrogens is 460 g/mol. The number of benzene rings is 3. The molecule has 0 unspecified atom stereocenters. The lowest BCUT2D eigenvalue weighted by molar-refractivity contribution is -0.131. The summed E-state index contributed by atoms with van der Waals surface area (Å²) in [4.78, 5) is 10.9. The molecule has 178 valence electrons. The quantitative estimate of drug-likeness (QED) is 0.241. The highest BCUT2D eigenvalue weighted by atomic mass is 19.1. The number of carbonyl (C=O) groups is 1. The third-order valence-corrected chi connectivity index (χ3v) is 6.59. The van der Waals surface area contributed by atoms with Gasteiger partial charge in [-0.05, 0) is 76.9 Å². The molecule has 0 saturated heterocycles. The number of H-pyrrole nitrogens is 1. The van der Waals surface area contributed by atoms with E-state index in [1.807, 2.05) is 24.3 Å². The van der Waals surface area contributed by atoms with Crippen LogP contribution in [0.25, 0.3) is 28.1 Å². The highest BCUT2D eigenvalue weighted by molar-refractivity contribution is 6.01. The number of carboxylic acids is 1. The molecule has 1 fully saturated rings. The second-order valence-electron chi connectivity index (χ2n) is 8.79. The lowest BCUT2D eigenvalue weighted by Crippen LogP contribution is -2.16. The lowest BCUT2D eigenvalue weighted by Gasteiger charge is -2.32. The van der Waals surface area contributed by atoms with Gasteiger partial charge in [-0.25, -0.2) is 9.18 Å². The molecule has 0 atom stereocenters. The molecule has 36 heavy (non-hydrogen) atoms. The van der Waals surface area contributed by atoms with Gasteiger partial charge in [0.1, 0.15) is 5.82 Å². The number of allylic oxidation sites excluding steroid dienone is 1. The minimum atomic E-state index is -1.04. The number of aromatic nitrogens is 2. The number of aromatic amines is 1. The Morgan fingerprint density at radius 2 is 1.81 bits per heavy atom. The zero-order valence-corrected chi connectivity index (χ0v) is 19.1. The highest BCUT2D eigenvalue weighted by Gasteiger charge is 2.29. The van der Waals surface area contributed by atoms with E-state index in [1.54, 1.807) is 36.4 Å². The number of nitrogens with one attached hydrogen (secondary N) is 1. The maximum atomic E-state index is 15.4. The first-order valence-corrected chi connectivity index (χ1v) is 11.5. The standard InChI is InChI=1S/C29H21F2N3O2/c30-24-14-18(16-32)6-11-22(24)28(19-2-1-3-19)27(20-8-4-17(5-9-20)7-13-26(35)36)21-10-12-25-23(15-21)29(31)34-33-25/h4-15,19H,1-3H2,(H,33,34)(H,35,36)/b13-7+,28-27+. The van der Waals surface area contributed by atoms with Gasteiger partial charge in [0.2, 0.25) is 5.95 Å². The van der Waals surface area contributed by atoms with Gasteiger partial charge in [-0.2, -0.15) is 9.65 Å². The molecule has 1 saturated carbocycles. The predicted molar refractivity (Wildman–Crippen MR) is 134 cm³/mol. The third kappa shape index (κ3) is 4.41. The van der Waals surface area contributed by atoms with Gasteiger partial charge >= 0.3 is 5.97 Å². The van der Waals surface area contributed by atoms with E-state index in [4.69, 9.17) is 5.11 Å². The SMILES string of the molecule is N#Cc1ccc(/C(=C(\c2ccc(/C=C/C(=O)O)cc2)c2ccc3[nH]nc(F)c3c2)C2CCC2)c(F)c1. The predicted octanol–water partition coefficient (Wildman–Crippen LogP) is 6.57. The highest BCUT2D eigenvalue weighted by Crippen LogP contribution is 2.46. The van der Waals surface area contributed by atoms with E-state index in [2.05, 4.69) is 10.2 Å². The minimum absolute atomic E-state index is 0.0962. The molecule has 1 aromatic heterocycles. The first kappa shape index (κ1) is 23.2. The van der Waals surface area contributed by atoms with Gasteiger partial charge in [0, 0.05) is 11.6 Å². The Kier molecular flexibility index (Phi) is 6.17. The van der Waals surface area contributed by atoms with Crippen molar-refractivity contribution in [3.63, 3.8) is 0 Å². The maximum Gasteiger partial charge on any atom is 0.328 e. The molecule has 1 heterocycles. The van der Waals surface area contributed by atoms with Gasteiger partial charge in [0.05, 0.1) is 22.5 Å². The van der Waals surface area contributed by atoms with E-state index in [1.165, 1.54) is 12.1 Å². The summed E-state index contributed by atoms with van der Waals surface area (Å²) in [7, 11) is 0. The first-order valence-electron chi connectivity index (χ1n) is 11.5. The normalized spacial score (nSPS) is 14.5. The minimum Gasteiger partial charge on any atom is -0.478 e. The molecule has 5 rings (SSSR count). The second-order valence-corrected chi connectivity index (χ2v) is 8.79. The molecular formula is C29H21F2N3O2. The number of rotatable bonds is 6. The summed E-state index contributed by atoms with van der Waals surface area (Å²) in [6.07, 6.45) is 5.36. The molecule has 4 aromatic rings. The van der Waals surface area contributed by atoms with Gasteiger partial charge in [-0.15, -0.1) is 5.10 Å². The van der Waals surface area contributed by atoms with Crippen LogP contribution >= 0.6 is 0 Å². The molecule has 0 spiro atoms. The average Bonchev–Trinajstić information content (AvgIpc) is 3.22. The van der Waals surface area contributed by atoms with Crippen molar-refractivity contribution in [2.24, 2.45) is 5.92 Å². The number of hydrogen-bond donors (Lipinski definition) is 2. The number of halogens is 2. The van der Waals surface area contributed by atoms with E-state index < -0.39 is 17.7 Å². The molecule has 0 radical (unpaired) electrons. The summed E-state index contributed by atoms with van der Waals surface area (Å²) in [5, 5.41) is 24.8. The fourth-order valence-corrected chi connectivity index (χ4v) is 4.60. The third-order valence-electron chi connectivity index (χ3n) is 6.59. The number of nitrogens with zero attached hydrogens (tertiary/aromatic N) is 2. The van der Waals surface area contributed by atoms with E-state index >= 15 is 4.39 Å². The van der Waals surface area contributed by atoms with Crippen LogP contribution in [-0.2, 0) is 4.79 Å². The Bertz CT molecular complexity index is 1570. The largest absolute Gasteiger partial charge is 0.478 e. The Morgan fingerprint density at radius 1 is 1.06 bits per heavy atom. The summed E-state index contributed by atoms with van der Waals surface area (Å²) in [6.45, 7) is 0. The number of nitriles is 1. The monoisotopic (exact) mass is 481 g/mol. The van der Waals surface area contributed by atoms with Gasteiger partial charge in [-0.1, -0.05) is 42.8 Å². The molecule has 1 aliphatic carbocycles. The van der Waals surface area contributed by atoms with Crippen molar-refractivity contribution in [1.29, 1.82) is 5.26 Å². The van der Waals surface area contributed by atoms with Crippen molar-refractivity contribution in [1.82, 2.24) is 10.2 Å². The number of hydrogen-bond acceptors (Lipinski definition) is 3. The van der Waals surface area contributed by atoms with Gasteiger partial charge in [0.15, 0.2) is 0 Å². The van der Waals surface area contributed by atoms with Crippen molar-refractivity contribution in [3.8, 4) is 6.07 Å². The van der Waals surface area contributed by atoms with Crippen molar-refractivity contribution in [3.05, 3.63) is 106 Å². The van der Waals surface area contributed by atoms with Crippen LogP contribution in [0.5, 0.6) is 0 Å². The van der Waals surface area contributed by atoms with Crippen molar-refractivity contribution in [2.75, 3.05) is 0 Å². The molecule has 2 N–H and O–H groups in total. The van der Waals surface area contributed by atoms with E-state index in [0.29, 0.717) is 27.6 Å². The van der Waals surface area contributed by atoms with Crippen LogP contribution in [0.2, 0.25) is 0 Å². The topological polar surface area (TPSA) is 89.8 Å². The van der Waals surface area contributed by atoms with Gasteiger partial charge in [0.25, 0.3) is 0 Å². The number of aliphatic carboxylic acids is 1. The Morgan fingerprint density at radius 3 is 2.44 bits per heavy atom. The summed E-state index contributed by atoms with van der Waals surface area (Å²) < 4.78 is 29.8. The van der Waals surface area contributed by atoms with Crippen molar-refractivity contribution < 1.29 is 18.7 Å². The Hall–Kier alpha value is -4.57. The lowest BCUT2D eigenvalue weighted by atomic mass is 9.73. The summed E-state index contributed by atoms with van der Waals surface area (Å²) >= 11 is 0. The van der Waals surface area contributed by atoms with Crippen molar-refractivity contribution >= 4 is 34.1 Å². The van der Waals surface area contributed by atoms with E-state index in [-0.39, 0.29) is 11.5 Å². The van der Waals surface area contributed by atoms with E-state index in [0.717, 1.165) is 42.0 Å². The molecule has 7 heteroatoms. The van der Waals surface area contributed by atoms with Crippen LogP contribution in [-0.4, -0.2) is 21.3 Å². The molecule has 5 nitrogen and oxygen atoms in total. The van der Waals surface area contributed by atoms with Gasteiger partial charge in [-0.3, -0.25) is 5.10 Å². The fraction of sp³-hybridized carbons (Fsp3) is 0.138. The van der Waals surface area contributed by atoms with Crippen LogP contribution in [0, 0.1) is 29.0 Å². The van der Waals surface area contributed by atoms with Crippen LogP contribution in [0.1, 0.15) is 47.1 Å². The van der Waals surface area contributed by atoms with Crippen LogP contribution in [0.15, 0.2) is 66.7 Å². The first-order chi connectivity index (χ1) is 17.4. The Labute approximate surface area is 206 Å². The Balaban J connectivity index is 1.77. The molecule has 0 bridgehead atoms. The molecule has 1 aliphatic rings. The second kappa shape index (κ2) is 9.59. The molecule has 0 aliphatic heterocycles. The number of fused-ring (bicyclic) bond motifs is 1. The number of carboxylic acid groups (broad SMARTS) is 1. The summed E-state index contributed by atoms with van der Waals surface area (Å²) in [5.41, 5.74) is 4.98. The fourth-order valence-electron chi connectivity index (χ4n) is 4.60. The van der Waals surface area contributed by atoms with Crippen LogP contribution in [0.3, 0.4) is 0 Å². The molecule has 3 aromatic carbocycles. The van der Waals surface area contributed by atoms with Crippen LogP contribution < -0.4 is 0 Å². The van der Waals surface area contributed by atoms with Crippen LogP contribution in [0.4, 0.5) is 8.78 Å². The zero-order valence-electron chi connectivity index (χ0n) is 19.1. The average molecular weight is 482 g/mol. The molecule has 0 amide bonds. The van der Waals surface area contributed by atoms with E-state index in [9.17, 15) is 14.4 Å². The summed E-state index contributed by atoms with van der Waals surface area (Å²) in [5.74, 6) is -2.04. The zero-order chi connectivity index (χ0) is 25.2.